The van der Waals surface area contributed by atoms with Crippen LogP contribution in [0.3, 0.4) is 0 Å². The number of rotatable bonds is 6. The van der Waals surface area contributed by atoms with Crippen molar-refractivity contribution in [2.24, 2.45) is 0 Å². The molecule has 0 aliphatic rings. The van der Waals surface area contributed by atoms with Crippen molar-refractivity contribution in [1.82, 2.24) is 10.3 Å². The van der Waals surface area contributed by atoms with Crippen molar-refractivity contribution in [3.05, 3.63) is 65.6 Å². The van der Waals surface area contributed by atoms with Gasteiger partial charge in [-0.3, -0.25) is 4.79 Å². The van der Waals surface area contributed by atoms with Crippen LogP contribution in [-0.4, -0.2) is 24.5 Å². The molecule has 0 aliphatic heterocycles. The van der Waals surface area contributed by atoms with E-state index in [0.29, 0.717) is 12.1 Å². The number of benzene rings is 2. The van der Waals surface area contributed by atoms with Crippen LogP contribution in [0.1, 0.15) is 11.1 Å². The summed E-state index contributed by atoms with van der Waals surface area (Å²) in [7, 11) is 1.63. The number of carbonyl (C=O) groups is 1. The highest BCUT2D eigenvalue weighted by atomic mass is 19.1. The van der Waals surface area contributed by atoms with Gasteiger partial charge in [0.25, 0.3) is 0 Å². The van der Waals surface area contributed by atoms with Crippen LogP contribution in [0.25, 0.3) is 10.9 Å². The summed E-state index contributed by atoms with van der Waals surface area (Å²) in [6.45, 7) is 0.559. The first-order valence-corrected chi connectivity index (χ1v) is 7.81. The first-order valence-electron chi connectivity index (χ1n) is 7.81. The van der Waals surface area contributed by atoms with E-state index in [1.807, 2.05) is 24.3 Å². The van der Waals surface area contributed by atoms with Gasteiger partial charge in [0.2, 0.25) is 5.91 Å². The number of aromatic amines is 1. The van der Waals surface area contributed by atoms with Gasteiger partial charge in [-0.05, 0) is 47.9 Å². The molecule has 3 aromatic rings. The molecule has 3 rings (SSSR count). The predicted molar refractivity (Wildman–Crippen MR) is 91.7 cm³/mol. The molecule has 1 aromatic heterocycles. The van der Waals surface area contributed by atoms with Crippen LogP contribution >= 0.6 is 0 Å². The molecule has 1 heterocycles. The van der Waals surface area contributed by atoms with E-state index < -0.39 is 0 Å². The Bertz CT molecular complexity index is 857. The number of methoxy groups -OCH3 is 1. The average Bonchev–Trinajstić information content (AvgIpc) is 2.97. The van der Waals surface area contributed by atoms with Crippen LogP contribution < -0.4 is 10.1 Å². The van der Waals surface area contributed by atoms with Crippen molar-refractivity contribution >= 4 is 16.8 Å². The maximum atomic E-state index is 13.2. The summed E-state index contributed by atoms with van der Waals surface area (Å²) in [4.78, 5) is 15.1. The van der Waals surface area contributed by atoms with Crippen LogP contribution in [0.2, 0.25) is 0 Å². The number of ether oxygens (including phenoxy) is 1. The van der Waals surface area contributed by atoms with Gasteiger partial charge in [-0.15, -0.1) is 0 Å². The molecule has 0 fully saturated rings. The van der Waals surface area contributed by atoms with Crippen LogP contribution in [0, 0.1) is 5.82 Å². The van der Waals surface area contributed by atoms with Gasteiger partial charge >= 0.3 is 0 Å². The topological polar surface area (TPSA) is 54.1 Å². The molecule has 0 unspecified atom stereocenters. The van der Waals surface area contributed by atoms with E-state index in [9.17, 15) is 9.18 Å². The molecule has 0 bridgehead atoms. The molecule has 0 saturated carbocycles. The summed E-state index contributed by atoms with van der Waals surface area (Å²) >= 11 is 0. The van der Waals surface area contributed by atoms with Gasteiger partial charge in [0, 0.05) is 23.6 Å². The Balaban J connectivity index is 1.55. The normalized spacial score (nSPS) is 10.8. The maximum absolute atomic E-state index is 13.2. The largest absolute Gasteiger partial charge is 0.497 e. The number of halogens is 1. The Morgan fingerprint density at radius 3 is 2.96 bits per heavy atom. The number of amides is 1. The van der Waals surface area contributed by atoms with E-state index in [0.717, 1.165) is 28.7 Å². The molecule has 0 saturated heterocycles. The third-order valence-electron chi connectivity index (χ3n) is 3.95. The standard InChI is InChI=1S/C19H19FN2O2/c1-24-16-4-2-3-13(9-16)7-8-21-19(23)10-14-12-22-18-11-15(20)5-6-17(14)18/h2-6,9,11-12,22H,7-8,10H2,1H3,(H,21,23). The molecule has 0 aliphatic carbocycles. The summed E-state index contributed by atoms with van der Waals surface area (Å²) in [5.74, 6) is 0.464. The first-order chi connectivity index (χ1) is 11.7. The van der Waals surface area contributed by atoms with Gasteiger partial charge in [0.1, 0.15) is 11.6 Å². The lowest BCUT2D eigenvalue weighted by atomic mass is 10.1. The predicted octanol–water partition coefficient (Wildman–Crippen LogP) is 3.22. The molecule has 0 radical (unpaired) electrons. The minimum Gasteiger partial charge on any atom is -0.497 e. The number of hydrogen-bond donors (Lipinski definition) is 2. The molecule has 0 spiro atoms. The first kappa shape index (κ1) is 16.1. The van der Waals surface area contributed by atoms with E-state index in [2.05, 4.69) is 10.3 Å². The molecular weight excluding hydrogens is 307 g/mol. The second-order valence-electron chi connectivity index (χ2n) is 5.63. The molecule has 2 aromatic carbocycles. The second kappa shape index (κ2) is 7.17. The highest BCUT2D eigenvalue weighted by Gasteiger charge is 2.09. The van der Waals surface area contributed by atoms with E-state index in [1.54, 1.807) is 19.4 Å². The van der Waals surface area contributed by atoms with Crippen molar-refractivity contribution in [2.75, 3.05) is 13.7 Å². The fourth-order valence-corrected chi connectivity index (χ4v) is 2.71. The van der Waals surface area contributed by atoms with Crippen LogP contribution in [0.5, 0.6) is 5.75 Å². The van der Waals surface area contributed by atoms with Gasteiger partial charge in [0.15, 0.2) is 0 Å². The van der Waals surface area contributed by atoms with Crippen molar-refractivity contribution in [2.45, 2.75) is 12.8 Å². The van der Waals surface area contributed by atoms with Gasteiger partial charge in [0.05, 0.1) is 13.5 Å². The third-order valence-corrected chi connectivity index (χ3v) is 3.95. The van der Waals surface area contributed by atoms with E-state index in [1.165, 1.54) is 12.1 Å². The monoisotopic (exact) mass is 326 g/mol. The highest BCUT2D eigenvalue weighted by Crippen LogP contribution is 2.19. The van der Waals surface area contributed by atoms with Gasteiger partial charge in [-0.25, -0.2) is 4.39 Å². The van der Waals surface area contributed by atoms with E-state index in [4.69, 9.17) is 4.74 Å². The Labute approximate surface area is 139 Å². The van der Waals surface area contributed by atoms with Crippen LogP contribution in [0.4, 0.5) is 4.39 Å². The number of aromatic nitrogens is 1. The molecule has 1 amide bonds. The smallest absolute Gasteiger partial charge is 0.224 e. The molecule has 124 valence electrons. The van der Waals surface area contributed by atoms with Crippen LogP contribution in [0.15, 0.2) is 48.7 Å². The number of carbonyl (C=O) groups excluding carboxylic acids is 1. The van der Waals surface area contributed by atoms with Crippen molar-refractivity contribution in [3.63, 3.8) is 0 Å². The van der Waals surface area contributed by atoms with Crippen molar-refractivity contribution in [3.8, 4) is 5.75 Å². The zero-order valence-electron chi connectivity index (χ0n) is 13.4. The Kier molecular flexibility index (Phi) is 4.79. The number of H-pyrrole nitrogens is 1. The SMILES string of the molecule is COc1cccc(CCNC(=O)Cc2c[nH]c3cc(F)ccc23)c1. The van der Waals surface area contributed by atoms with Crippen molar-refractivity contribution in [1.29, 1.82) is 0 Å². The minimum absolute atomic E-state index is 0.0527. The second-order valence-corrected chi connectivity index (χ2v) is 5.63. The summed E-state index contributed by atoms with van der Waals surface area (Å²) in [5, 5.41) is 3.79. The molecular formula is C19H19FN2O2. The maximum Gasteiger partial charge on any atom is 0.224 e. The van der Waals surface area contributed by atoms with Gasteiger partial charge < -0.3 is 15.0 Å². The lowest BCUT2D eigenvalue weighted by molar-refractivity contribution is -0.120. The summed E-state index contributed by atoms with van der Waals surface area (Å²) in [5.41, 5.74) is 2.68. The Morgan fingerprint density at radius 1 is 1.25 bits per heavy atom. The minimum atomic E-state index is -0.293. The van der Waals surface area contributed by atoms with Gasteiger partial charge in [-0.1, -0.05) is 12.1 Å². The van der Waals surface area contributed by atoms with E-state index >= 15 is 0 Å². The molecule has 4 nitrogen and oxygen atoms in total. The fourth-order valence-electron chi connectivity index (χ4n) is 2.71. The quantitative estimate of drug-likeness (QED) is 0.731. The lowest BCUT2D eigenvalue weighted by Gasteiger charge is -2.06. The molecule has 2 N–H and O–H groups in total. The number of hydrogen-bond acceptors (Lipinski definition) is 2. The van der Waals surface area contributed by atoms with Gasteiger partial charge in [-0.2, -0.15) is 0 Å². The lowest BCUT2D eigenvalue weighted by Crippen LogP contribution is -2.27. The Morgan fingerprint density at radius 2 is 2.12 bits per heavy atom. The summed E-state index contributed by atoms with van der Waals surface area (Å²) < 4.78 is 18.4. The Hall–Kier alpha value is -2.82. The molecule has 0 atom stereocenters. The zero-order chi connectivity index (χ0) is 16.9. The average molecular weight is 326 g/mol. The highest BCUT2D eigenvalue weighted by molar-refractivity contribution is 5.88. The molecule has 5 heteroatoms. The zero-order valence-corrected chi connectivity index (χ0v) is 13.4. The summed E-state index contributed by atoms with van der Waals surface area (Å²) in [6.07, 6.45) is 2.76. The summed E-state index contributed by atoms with van der Waals surface area (Å²) in [6, 6.07) is 12.3. The number of fused-ring (bicyclic) bond motifs is 1. The van der Waals surface area contributed by atoms with Crippen LogP contribution in [-0.2, 0) is 17.6 Å². The number of nitrogens with one attached hydrogen (secondary N) is 2. The third kappa shape index (κ3) is 3.74. The fraction of sp³-hybridized carbons (Fsp3) is 0.211. The van der Waals surface area contributed by atoms with E-state index in [-0.39, 0.29) is 18.1 Å². The molecule has 24 heavy (non-hydrogen) atoms. The van der Waals surface area contributed by atoms with Crippen molar-refractivity contribution < 1.29 is 13.9 Å².